The first-order chi connectivity index (χ1) is 11.2. The molecule has 0 aromatic carbocycles. The van der Waals surface area contributed by atoms with Crippen LogP contribution in [0.3, 0.4) is 0 Å². The van der Waals surface area contributed by atoms with E-state index in [0.717, 1.165) is 12.1 Å². The first-order valence-corrected chi connectivity index (χ1v) is 8.69. The van der Waals surface area contributed by atoms with E-state index >= 15 is 4.39 Å². The molecular formula is C17H20FN3OS. The second kappa shape index (κ2) is 7.19. The van der Waals surface area contributed by atoms with Crippen molar-refractivity contribution in [2.75, 3.05) is 13.1 Å². The first kappa shape index (κ1) is 16.1. The van der Waals surface area contributed by atoms with Crippen LogP contribution in [0.2, 0.25) is 0 Å². The highest BCUT2D eigenvalue weighted by Gasteiger charge is 2.42. The predicted octanol–water partition coefficient (Wildman–Crippen LogP) is 2.76. The molecule has 0 radical (unpaired) electrons. The van der Waals surface area contributed by atoms with E-state index < -0.39 is 11.6 Å². The Bertz CT molecular complexity index is 635. The van der Waals surface area contributed by atoms with Gasteiger partial charge in [0.05, 0.1) is 0 Å². The van der Waals surface area contributed by atoms with E-state index in [-0.39, 0.29) is 13.0 Å². The highest BCUT2D eigenvalue weighted by Crippen LogP contribution is 2.27. The smallest absolute Gasteiger partial charge is 0.259 e. The lowest BCUT2D eigenvalue weighted by Crippen LogP contribution is -2.53. The lowest BCUT2D eigenvalue weighted by molar-refractivity contribution is -0.137. The average Bonchev–Trinajstić information content (AvgIpc) is 3.06. The minimum atomic E-state index is -1.80. The number of halogens is 1. The highest BCUT2D eigenvalue weighted by atomic mass is 32.1. The Morgan fingerprint density at radius 3 is 2.91 bits per heavy atom. The molecule has 2 aromatic heterocycles. The van der Waals surface area contributed by atoms with Gasteiger partial charge in [-0.05, 0) is 59.5 Å². The van der Waals surface area contributed by atoms with Gasteiger partial charge < -0.3 is 5.32 Å². The third-order valence-electron chi connectivity index (χ3n) is 4.12. The van der Waals surface area contributed by atoms with Gasteiger partial charge in [0.15, 0.2) is 0 Å². The van der Waals surface area contributed by atoms with Crippen molar-refractivity contribution in [3.05, 3.63) is 52.5 Å². The fraction of sp³-hybridized carbons (Fsp3) is 0.412. The first-order valence-electron chi connectivity index (χ1n) is 7.75. The lowest BCUT2D eigenvalue weighted by atomic mass is 9.93. The summed E-state index contributed by atoms with van der Waals surface area (Å²) in [5, 5.41) is 6.81. The number of nitrogens with zero attached hydrogens (tertiary/aromatic N) is 2. The summed E-state index contributed by atoms with van der Waals surface area (Å²) in [6.45, 7) is 2.02. The summed E-state index contributed by atoms with van der Waals surface area (Å²) in [6.07, 6.45) is 4.31. The Morgan fingerprint density at radius 2 is 2.17 bits per heavy atom. The molecule has 1 atom stereocenters. The van der Waals surface area contributed by atoms with Crippen molar-refractivity contribution in [2.24, 2.45) is 0 Å². The van der Waals surface area contributed by atoms with Crippen molar-refractivity contribution < 1.29 is 9.18 Å². The number of nitrogens with one attached hydrogen (secondary N) is 1. The normalized spacial score (nSPS) is 22.0. The minimum Gasteiger partial charge on any atom is -0.349 e. The number of hydrogen-bond donors (Lipinski definition) is 1. The molecule has 1 aliphatic heterocycles. The highest BCUT2D eigenvalue weighted by molar-refractivity contribution is 7.07. The van der Waals surface area contributed by atoms with Crippen molar-refractivity contribution in [1.29, 1.82) is 0 Å². The van der Waals surface area contributed by atoms with Gasteiger partial charge in [0, 0.05) is 32.0 Å². The number of piperidine rings is 1. The van der Waals surface area contributed by atoms with Crippen LogP contribution in [0.5, 0.6) is 0 Å². The van der Waals surface area contributed by atoms with Crippen LogP contribution in [-0.2, 0) is 17.9 Å². The van der Waals surface area contributed by atoms with Gasteiger partial charge in [-0.3, -0.25) is 14.7 Å². The number of amides is 1. The summed E-state index contributed by atoms with van der Waals surface area (Å²) in [4.78, 5) is 18.3. The van der Waals surface area contributed by atoms with Crippen LogP contribution < -0.4 is 5.32 Å². The van der Waals surface area contributed by atoms with Crippen LogP contribution >= 0.6 is 11.3 Å². The van der Waals surface area contributed by atoms with Gasteiger partial charge in [-0.15, -0.1) is 0 Å². The van der Waals surface area contributed by atoms with Crippen molar-refractivity contribution in [3.8, 4) is 0 Å². The standard InChI is InChI=1S/C17H20FN3OS/c18-17(16(22)20-10-14-2-6-19-7-3-14)5-1-8-21(13-17)11-15-4-9-23-12-15/h2-4,6-7,9,12H,1,5,8,10-11,13H2,(H,20,22)/t17-/m0/s1. The average molecular weight is 333 g/mol. The third-order valence-corrected chi connectivity index (χ3v) is 4.85. The van der Waals surface area contributed by atoms with E-state index in [2.05, 4.69) is 15.7 Å². The summed E-state index contributed by atoms with van der Waals surface area (Å²) >= 11 is 1.64. The SMILES string of the molecule is O=C(NCc1ccncc1)[C@]1(F)CCCN(Cc2ccsc2)C1. The van der Waals surface area contributed by atoms with E-state index in [1.54, 1.807) is 23.7 Å². The molecule has 23 heavy (non-hydrogen) atoms. The van der Waals surface area contributed by atoms with Gasteiger partial charge in [0.2, 0.25) is 5.67 Å². The Labute approximate surface area is 139 Å². The summed E-state index contributed by atoms with van der Waals surface area (Å²) < 4.78 is 15.1. The Morgan fingerprint density at radius 1 is 1.35 bits per heavy atom. The van der Waals surface area contributed by atoms with Crippen molar-refractivity contribution in [3.63, 3.8) is 0 Å². The molecule has 6 heteroatoms. The largest absolute Gasteiger partial charge is 0.349 e. The van der Waals surface area contributed by atoms with Gasteiger partial charge in [-0.1, -0.05) is 0 Å². The molecule has 3 heterocycles. The van der Waals surface area contributed by atoms with Crippen LogP contribution in [0.25, 0.3) is 0 Å². The number of thiophene rings is 1. The van der Waals surface area contributed by atoms with Gasteiger partial charge >= 0.3 is 0 Å². The fourth-order valence-electron chi connectivity index (χ4n) is 2.90. The molecular weight excluding hydrogens is 313 g/mol. The molecule has 1 aliphatic rings. The summed E-state index contributed by atoms with van der Waals surface area (Å²) in [7, 11) is 0. The zero-order valence-electron chi connectivity index (χ0n) is 12.9. The number of pyridine rings is 1. The number of carbonyl (C=O) groups is 1. The second-order valence-electron chi connectivity index (χ2n) is 5.95. The Balaban J connectivity index is 1.57. The maximum absolute atomic E-state index is 15.1. The van der Waals surface area contributed by atoms with Crippen LogP contribution in [0.1, 0.15) is 24.0 Å². The molecule has 3 rings (SSSR count). The quantitative estimate of drug-likeness (QED) is 0.915. The minimum absolute atomic E-state index is 0.158. The van der Waals surface area contributed by atoms with Crippen LogP contribution in [0, 0.1) is 0 Å². The molecule has 0 saturated carbocycles. The van der Waals surface area contributed by atoms with Crippen LogP contribution in [-0.4, -0.2) is 34.5 Å². The van der Waals surface area contributed by atoms with Gasteiger partial charge in [-0.2, -0.15) is 11.3 Å². The molecule has 122 valence electrons. The molecule has 0 aliphatic carbocycles. The van der Waals surface area contributed by atoms with E-state index in [9.17, 15) is 4.79 Å². The van der Waals surface area contributed by atoms with E-state index in [1.807, 2.05) is 28.5 Å². The second-order valence-corrected chi connectivity index (χ2v) is 6.73. The maximum Gasteiger partial charge on any atom is 0.259 e. The molecule has 2 aromatic rings. The van der Waals surface area contributed by atoms with Crippen molar-refractivity contribution >= 4 is 17.2 Å². The van der Waals surface area contributed by atoms with Crippen molar-refractivity contribution in [2.45, 2.75) is 31.6 Å². The van der Waals surface area contributed by atoms with E-state index in [0.29, 0.717) is 19.5 Å². The summed E-state index contributed by atoms with van der Waals surface area (Å²) in [5.74, 6) is -0.510. The topological polar surface area (TPSA) is 45.2 Å². The summed E-state index contributed by atoms with van der Waals surface area (Å²) in [6, 6.07) is 5.67. The zero-order valence-corrected chi connectivity index (χ0v) is 13.7. The third kappa shape index (κ3) is 4.14. The fourth-order valence-corrected chi connectivity index (χ4v) is 3.56. The van der Waals surface area contributed by atoms with E-state index in [4.69, 9.17) is 0 Å². The predicted molar refractivity (Wildman–Crippen MR) is 88.8 cm³/mol. The van der Waals surface area contributed by atoms with E-state index in [1.165, 1.54) is 5.56 Å². The monoisotopic (exact) mass is 333 g/mol. The molecule has 1 N–H and O–H groups in total. The molecule has 4 nitrogen and oxygen atoms in total. The molecule has 0 unspecified atom stereocenters. The zero-order chi connectivity index (χ0) is 16.1. The number of likely N-dealkylation sites (tertiary alicyclic amines) is 1. The Hall–Kier alpha value is -1.79. The van der Waals surface area contributed by atoms with Crippen LogP contribution in [0.15, 0.2) is 41.4 Å². The Kier molecular flexibility index (Phi) is 5.03. The molecule has 0 bridgehead atoms. The molecule has 1 amide bonds. The molecule has 0 spiro atoms. The van der Waals surface area contributed by atoms with Gasteiger partial charge in [-0.25, -0.2) is 4.39 Å². The maximum atomic E-state index is 15.1. The number of rotatable bonds is 5. The molecule has 1 fully saturated rings. The molecule has 1 saturated heterocycles. The van der Waals surface area contributed by atoms with Gasteiger partial charge in [0.25, 0.3) is 5.91 Å². The van der Waals surface area contributed by atoms with Crippen LogP contribution in [0.4, 0.5) is 4.39 Å². The number of hydrogen-bond acceptors (Lipinski definition) is 4. The number of alkyl halides is 1. The van der Waals surface area contributed by atoms with Crippen molar-refractivity contribution in [1.82, 2.24) is 15.2 Å². The number of carbonyl (C=O) groups excluding carboxylic acids is 1. The summed E-state index contributed by atoms with van der Waals surface area (Å²) in [5.41, 5.74) is 0.292. The number of aromatic nitrogens is 1. The van der Waals surface area contributed by atoms with Gasteiger partial charge in [0.1, 0.15) is 0 Å². The lowest BCUT2D eigenvalue weighted by Gasteiger charge is -2.36.